The van der Waals surface area contributed by atoms with E-state index in [1.165, 1.54) is 7.11 Å². The summed E-state index contributed by atoms with van der Waals surface area (Å²) < 4.78 is 5.10. The van der Waals surface area contributed by atoms with Crippen molar-refractivity contribution in [2.24, 2.45) is 5.41 Å². The molecule has 0 aromatic heterocycles. The van der Waals surface area contributed by atoms with Gasteiger partial charge in [-0.3, -0.25) is 4.79 Å². The lowest BCUT2D eigenvalue weighted by atomic mass is 9.72. The molecule has 0 heterocycles. The van der Waals surface area contributed by atoms with Crippen LogP contribution in [0.2, 0.25) is 0 Å². The predicted octanol–water partition coefficient (Wildman–Crippen LogP) is 0.637. The lowest BCUT2D eigenvalue weighted by Gasteiger charge is -2.38. The van der Waals surface area contributed by atoms with Gasteiger partial charge in [0.05, 0.1) is 17.6 Å². The summed E-state index contributed by atoms with van der Waals surface area (Å²) in [4.78, 5) is 11.0. The molecule has 4 heteroatoms. The van der Waals surface area contributed by atoms with E-state index in [1.807, 2.05) is 0 Å². The Morgan fingerprint density at radius 2 is 2.23 bits per heavy atom. The van der Waals surface area contributed by atoms with Gasteiger partial charge in [-0.25, -0.2) is 0 Å². The smallest absolute Gasteiger partial charge is 0.312 e. The lowest BCUT2D eigenvalue weighted by molar-refractivity contribution is -0.164. The van der Waals surface area contributed by atoms with E-state index in [0.29, 0.717) is 19.3 Å². The average molecular weight is 188 g/mol. The molecule has 0 saturated heterocycles. The van der Waals surface area contributed by atoms with E-state index in [4.69, 9.17) is 9.84 Å². The molecule has 0 radical (unpaired) electrons. The van der Waals surface area contributed by atoms with Crippen molar-refractivity contribution in [3.63, 3.8) is 0 Å². The zero-order chi connectivity index (χ0) is 10.1. The molecule has 13 heavy (non-hydrogen) atoms. The topological polar surface area (TPSA) is 66.8 Å². The second-order valence-electron chi connectivity index (χ2n) is 3.88. The summed E-state index contributed by atoms with van der Waals surface area (Å²) in [5, 5.41) is 18.4. The van der Waals surface area contributed by atoms with E-state index >= 15 is 0 Å². The first kappa shape index (κ1) is 10.5. The van der Waals surface area contributed by atoms with Crippen molar-refractivity contribution in [3.05, 3.63) is 0 Å². The molecule has 0 spiro atoms. The van der Waals surface area contributed by atoms with Crippen LogP contribution in [0, 0.1) is 5.41 Å². The van der Waals surface area contributed by atoms with Crippen LogP contribution in [0.3, 0.4) is 0 Å². The summed E-state index contributed by atoms with van der Waals surface area (Å²) in [6.45, 7) is 1.68. The molecule has 3 atom stereocenters. The summed E-state index contributed by atoms with van der Waals surface area (Å²) in [5.41, 5.74) is -0.839. The fraction of sp³-hybridized carbons (Fsp3) is 0.889. The second-order valence-corrected chi connectivity index (χ2v) is 3.88. The molecular weight excluding hydrogens is 172 g/mol. The Bertz CT molecular complexity index is 204. The maximum absolute atomic E-state index is 11.0. The van der Waals surface area contributed by atoms with Gasteiger partial charge in [-0.1, -0.05) is 0 Å². The Balaban J connectivity index is 2.78. The minimum Gasteiger partial charge on any atom is -0.481 e. The third-order valence-electron chi connectivity index (χ3n) is 2.97. The number of hydrogen-bond acceptors (Lipinski definition) is 3. The Morgan fingerprint density at radius 1 is 1.62 bits per heavy atom. The fourth-order valence-electron chi connectivity index (χ4n) is 1.85. The van der Waals surface area contributed by atoms with Crippen LogP contribution in [-0.4, -0.2) is 35.5 Å². The van der Waals surface area contributed by atoms with Gasteiger partial charge in [0, 0.05) is 13.5 Å². The van der Waals surface area contributed by atoms with E-state index in [1.54, 1.807) is 6.92 Å². The zero-order valence-electron chi connectivity index (χ0n) is 7.99. The van der Waals surface area contributed by atoms with Crippen molar-refractivity contribution in [2.75, 3.05) is 7.11 Å². The number of carboxylic acid groups (broad SMARTS) is 1. The van der Waals surface area contributed by atoms with Gasteiger partial charge in [-0.2, -0.15) is 0 Å². The summed E-state index contributed by atoms with van der Waals surface area (Å²) in [5.74, 6) is -0.841. The number of aliphatic hydroxyl groups is 1. The van der Waals surface area contributed by atoms with Gasteiger partial charge in [0.15, 0.2) is 0 Å². The highest BCUT2D eigenvalue weighted by atomic mass is 16.5. The quantitative estimate of drug-likeness (QED) is 0.667. The normalized spacial score (nSPS) is 40.2. The Kier molecular flexibility index (Phi) is 2.93. The van der Waals surface area contributed by atoms with Gasteiger partial charge in [-0.05, 0) is 19.8 Å². The van der Waals surface area contributed by atoms with Crippen LogP contribution in [0.25, 0.3) is 0 Å². The first-order chi connectivity index (χ1) is 6.00. The number of rotatable bonds is 2. The highest BCUT2D eigenvalue weighted by Crippen LogP contribution is 2.38. The molecule has 1 aliphatic rings. The second kappa shape index (κ2) is 3.64. The van der Waals surface area contributed by atoms with Gasteiger partial charge >= 0.3 is 5.97 Å². The van der Waals surface area contributed by atoms with E-state index in [9.17, 15) is 9.90 Å². The molecule has 2 N–H and O–H groups in total. The van der Waals surface area contributed by atoms with Crippen molar-refractivity contribution >= 4 is 5.97 Å². The van der Waals surface area contributed by atoms with Crippen molar-refractivity contribution in [1.82, 2.24) is 0 Å². The van der Waals surface area contributed by atoms with Gasteiger partial charge in [0.25, 0.3) is 0 Å². The fourth-order valence-corrected chi connectivity index (χ4v) is 1.85. The predicted molar refractivity (Wildman–Crippen MR) is 46.4 cm³/mol. The maximum Gasteiger partial charge on any atom is 0.312 e. The zero-order valence-corrected chi connectivity index (χ0v) is 7.99. The highest BCUT2D eigenvalue weighted by Gasteiger charge is 2.45. The number of methoxy groups -OCH3 is 1. The number of aliphatic carboxylic acids is 1. The van der Waals surface area contributed by atoms with Crippen LogP contribution < -0.4 is 0 Å². The number of ether oxygens (including phenoxy) is 1. The van der Waals surface area contributed by atoms with Crippen molar-refractivity contribution in [2.45, 2.75) is 38.4 Å². The summed E-state index contributed by atoms with van der Waals surface area (Å²) in [6.07, 6.45) is 0.635. The Labute approximate surface area is 77.5 Å². The molecule has 1 saturated carbocycles. The Morgan fingerprint density at radius 3 is 2.69 bits per heavy atom. The van der Waals surface area contributed by atoms with Crippen molar-refractivity contribution in [1.29, 1.82) is 0 Å². The van der Waals surface area contributed by atoms with Crippen LogP contribution >= 0.6 is 0 Å². The molecule has 1 aliphatic carbocycles. The molecular formula is C9H16O4. The van der Waals surface area contributed by atoms with Crippen LogP contribution in [0.4, 0.5) is 0 Å². The molecule has 1 fully saturated rings. The first-order valence-electron chi connectivity index (χ1n) is 4.45. The summed E-state index contributed by atoms with van der Waals surface area (Å²) in [7, 11) is 1.49. The number of aliphatic hydroxyl groups excluding tert-OH is 1. The molecule has 0 aromatic rings. The molecule has 0 aromatic carbocycles. The van der Waals surface area contributed by atoms with E-state index in [0.717, 1.165) is 0 Å². The van der Waals surface area contributed by atoms with E-state index < -0.39 is 17.5 Å². The van der Waals surface area contributed by atoms with Crippen LogP contribution in [0.15, 0.2) is 0 Å². The molecule has 76 valence electrons. The monoisotopic (exact) mass is 188 g/mol. The Hall–Kier alpha value is -0.610. The summed E-state index contributed by atoms with van der Waals surface area (Å²) >= 11 is 0. The standard InChI is InChI=1S/C9H16O4/c1-9(8(11)12)4-3-6(10)5-7(9)13-2/h6-7,10H,3-5H2,1-2H3,(H,11,12)/t6-,7+,9+/m1/s1. The number of carbonyl (C=O) groups is 1. The minimum absolute atomic E-state index is 0.381. The maximum atomic E-state index is 11.0. The van der Waals surface area contributed by atoms with Gasteiger partial charge in [0.2, 0.25) is 0 Å². The van der Waals surface area contributed by atoms with Crippen LogP contribution in [0.5, 0.6) is 0 Å². The molecule has 0 aliphatic heterocycles. The molecule has 0 unspecified atom stereocenters. The molecule has 1 rings (SSSR count). The minimum atomic E-state index is -0.841. The highest BCUT2D eigenvalue weighted by molar-refractivity contribution is 5.75. The molecule has 0 amide bonds. The molecule has 4 nitrogen and oxygen atoms in total. The van der Waals surface area contributed by atoms with Gasteiger partial charge in [0.1, 0.15) is 0 Å². The summed E-state index contributed by atoms with van der Waals surface area (Å²) in [6, 6.07) is 0. The SMILES string of the molecule is CO[C@H]1C[C@H](O)CC[C@]1(C)C(=O)O. The average Bonchev–Trinajstić information content (AvgIpc) is 2.09. The lowest BCUT2D eigenvalue weighted by Crippen LogP contribution is -2.46. The van der Waals surface area contributed by atoms with Crippen molar-refractivity contribution < 1.29 is 19.7 Å². The van der Waals surface area contributed by atoms with Crippen LogP contribution in [-0.2, 0) is 9.53 Å². The first-order valence-corrected chi connectivity index (χ1v) is 4.45. The largest absolute Gasteiger partial charge is 0.481 e. The third kappa shape index (κ3) is 1.84. The van der Waals surface area contributed by atoms with Crippen molar-refractivity contribution in [3.8, 4) is 0 Å². The molecule has 0 bridgehead atoms. The van der Waals surface area contributed by atoms with Gasteiger partial charge in [-0.15, -0.1) is 0 Å². The third-order valence-corrected chi connectivity index (χ3v) is 2.97. The van der Waals surface area contributed by atoms with E-state index in [2.05, 4.69) is 0 Å². The number of carboxylic acids is 1. The van der Waals surface area contributed by atoms with Crippen LogP contribution in [0.1, 0.15) is 26.2 Å². The van der Waals surface area contributed by atoms with E-state index in [-0.39, 0.29) is 6.10 Å². The van der Waals surface area contributed by atoms with Gasteiger partial charge < -0.3 is 14.9 Å². The number of hydrogen-bond donors (Lipinski definition) is 2.